The predicted octanol–water partition coefficient (Wildman–Crippen LogP) is 2.54. The smallest absolute Gasteiger partial charge is 0.141 e. The van der Waals surface area contributed by atoms with Crippen LogP contribution in [0.5, 0.6) is 5.75 Å². The number of rotatable bonds is 3. The predicted molar refractivity (Wildman–Crippen MR) is 77.9 cm³/mol. The van der Waals surface area contributed by atoms with E-state index in [1.54, 1.807) is 13.2 Å². The van der Waals surface area contributed by atoms with E-state index < -0.39 is 6.10 Å². The molecule has 1 aliphatic heterocycles. The zero-order valence-electron chi connectivity index (χ0n) is 11.7. The first-order valence-corrected chi connectivity index (χ1v) is 6.87. The van der Waals surface area contributed by atoms with Crippen molar-refractivity contribution >= 4 is 5.82 Å². The molecule has 0 bridgehead atoms. The summed E-state index contributed by atoms with van der Waals surface area (Å²) < 4.78 is 18.3. The van der Waals surface area contributed by atoms with Crippen LogP contribution in [0, 0.1) is 5.82 Å². The molecule has 110 valence electrons. The molecule has 0 saturated carbocycles. The van der Waals surface area contributed by atoms with Crippen molar-refractivity contribution in [1.82, 2.24) is 4.98 Å². The molecule has 4 nitrogen and oxygen atoms in total. The molecule has 2 atom stereocenters. The number of anilines is 1. The van der Waals surface area contributed by atoms with E-state index in [0.717, 1.165) is 11.3 Å². The van der Waals surface area contributed by atoms with E-state index in [0.29, 0.717) is 18.8 Å². The fraction of sp³-hybridized carbons (Fsp3) is 0.312. The highest BCUT2D eigenvalue weighted by atomic mass is 19.1. The SMILES string of the molecule is COc1cccc([C@@H]2C[C@H](O)CN2c2ccc(F)cn2)c1. The highest BCUT2D eigenvalue weighted by molar-refractivity contribution is 5.45. The van der Waals surface area contributed by atoms with Gasteiger partial charge in [-0.05, 0) is 36.2 Å². The van der Waals surface area contributed by atoms with Gasteiger partial charge in [0, 0.05) is 6.54 Å². The van der Waals surface area contributed by atoms with Gasteiger partial charge in [0.2, 0.25) is 0 Å². The first kappa shape index (κ1) is 13.8. The Balaban J connectivity index is 1.93. The van der Waals surface area contributed by atoms with Gasteiger partial charge in [0.15, 0.2) is 0 Å². The largest absolute Gasteiger partial charge is 0.497 e. The van der Waals surface area contributed by atoms with Gasteiger partial charge in [0.25, 0.3) is 0 Å². The van der Waals surface area contributed by atoms with Gasteiger partial charge >= 0.3 is 0 Å². The summed E-state index contributed by atoms with van der Waals surface area (Å²) in [6.07, 6.45) is 1.39. The molecule has 0 unspecified atom stereocenters. The Hall–Kier alpha value is -2.14. The number of benzene rings is 1. The lowest BCUT2D eigenvalue weighted by Crippen LogP contribution is -2.25. The molecule has 1 N–H and O–H groups in total. The molecule has 5 heteroatoms. The highest BCUT2D eigenvalue weighted by Gasteiger charge is 2.33. The van der Waals surface area contributed by atoms with Crippen molar-refractivity contribution in [3.8, 4) is 5.75 Å². The fourth-order valence-corrected chi connectivity index (χ4v) is 2.77. The topological polar surface area (TPSA) is 45.6 Å². The normalized spacial score (nSPS) is 21.6. The zero-order valence-corrected chi connectivity index (χ0v) is 11.7. The lowest BCUT2D eigenvalue weighted by Gasteiger charge is -2.26. The summed E-state index contributed by atoms with van der Waals surface area (Å²) in [7, 11) is 1.63. The summed E-state index contributed by atoms with van der Waals surface area (Å²) >= 11 is 0. The van der Waals surface area contributed by atoms with E-state index in [4.69, 9.17) is 4.74 Å². The Morgan fingerprint density at radius 1 is 1.33 bits per heavy atom. The minimum Gasteiger partial charge on any atom is -0.497 e. The van der Waals surface area contributed by atoms with E-state index in [1.807, 2.05) is 29.2 Å². The number of hydrogen-bond donors (Lipinski definition) is 1. The van der Waals surface area contributed by atoms with Crippen LogP contribution in [0.15, 0.2) is 42.6 Å². The average Bonchev–Trinajstić information content (AvgIpc) is 2.90. The summed E-state index contributed by atoms with van der Waals surface area (Å²) in [6.45, 7) is 0.487. The summed E-state index contributed by atoms with van der Waals surface area (Å²) in [6, 6.07) is 10.8. The molecular formula is C16H17FN2O2. The molecule has 0 aliphatic carbocycles. The maximum absolute atomic E-state index is 13.0. The monoisotopic (exact) mass is 288 g/mol. The van der Waals surface area contributed by atoms with Crippen molar-refractivity contribution in [1.29, 1.82) is 0 Å². The molecule has 0 spiro atoms. The summed E-state index contributed by atoms with van der Waals surface area (Å²) in [4.78, 5) is 6.12. The summed E-state index contributed by atoms with van der Waals surface area (Å²) in [5, 5.41) is 10.00. The molecule has 1 aliphatic rings. The number of halogens is 1. The number of hydrogen-bond acceptors (Lipinski definition) is 4. The fourth-order valence-electron chi connectivity index (χ4n) is 2.77. The van der Waals surface area contributed by atoms with E-state index in [-0.39, 0.29) is 11.9 Å². The van der Waals surface area contributed by atoms with Crippen LogP contribution in [0.25, 0.3) is 0 Å². The van der Waals surface area contributed by atoms with Crippen LogP contribution in [0.2, 0.25) is 0 Å². The standard InChI is InChI=1S/C16H17FN2O2/c1-21-14-4-2-3-11(7-14)15-8-13(20)10-19(15)16-6-5-12(17)9-18-16/h2-7,9,13,15,20H,8,10H2,1H3/t13-,15-/m0/s1. The Morgan fingerprint density at radius 2 is 2.19 bits per heavy atom. The third kappa shape index (κ3) is 2.83. The van der Waals surface area contributed by atoms with E-state index in [9.17, 15) is 9.50 Å². The highest BCUT2D eigenvalue weighted by Crippen LogP contribution is 2.36. The lowest BCUT2D eigenvalue weighted by molar-refractivity contribution is 0.194. The van der Waals surface area contributed by atoms with Crippen LogP contribution in [-0.2, 0) is 0 Å². The molecule has 0 radical (unpaired) electrons. The van der Waals surface area contributed by atoms with Gasteiger partial charge in [-0.15, -0.1) is 0 Å². The molecule has 2 heterocycles. The Kier molecular flexibility index (Phi) is 3.75. The van der Waals surface area contributed by atoms with Gasteiger partial charge in [-0.2, -0.15) is 0 Å². The second-order valence-corrected chi connectivity index (χ2v) is 5.17. The number of pyridine rings is 1. The first-order valence-electron chi connectivity index (χ1n) is 6.87. The molecule has 1 aromatic heterocycles. The lowest BCUT2D eigenvalue weighted by atomic mass is 10.0. The third-order valence-electron chi connectivity index (χ3n) is 3.76. The molecular weight excluding hydrogens is 271 g/mol. The Morgan fingerprint density at radius 3 is 2.90 bits per heavy atom. The number of aliphatic hydroxyl groups excluding tert-OH is 1. The number of β-amino-alcohol motifs (C(OH)–C–C–N with tert-alkyl or cyclic N) is 1. The minimum absolute atomic E-state index is 0.00746. The van der Waals surface area contributed by atoms with Crippen LogP contribution in [0.3, 0.4) is 0 Å². The van der Waals surface area contributed by atoms with Crippen LogP contribution in [0.4, 0.5) is 10.2 Å². The maximum Gasteiger partial charge on any atom is 0.141 e. The first-order chi connectivity index (χ1) is 10.2. The van der Waals surface area contributed by atoms with Gasteiger partial charge in [-0.3, -0.25) is 0 Å². The van der Waals surface area contributed by atoms with Crippen LogP contribution in [-0.4, -0.2) is 29.8 Å². The van der Waals surface area contributed by atoms with Crippen molar-refractivity contribution in [2.45, 2.75) is 18.6 Å². The molecule has 2 aromatic rings. The maximum atomic E-state index is 13.0. The zero-order chi connectivity index (χ0) is 14.8. The average molecular weight is 288 g/mol. The van der Waals surface area contributed by atoms with Gasteiger partial charge in [0.05, 0.1) is 25.5 Å². The van der Waals surface area contributed by atoms with Crippen molar-refractivity contribution in [2.75, 3.05) is 18.6 Å². The molecule has 21 heavy (non-hydrogen) atoms. The van der Waals surface area contributed by atoms with Gasteiger partial charge in [0.1, 0.15) is 17.4 Å². The number of aliphatic hydroxyl groups is 1. The molecule has 0 amide bonds. The second kappa shape index (κ2) is 5.69. The van der Waals surface area contributed by atoms with Crippen LogP contribution in [0.1, 0.15) is 18.0 Å². The quantitative estimate of drug-likeness (QED) is 0.942. The third-order valence-corrected chi connectivity index (χ3v) is 3.76. The molecule has 1 fully saturated rings. The molecule has 1 saturated heterocycles. The van der Waals surface area contributed by atoms with Crippen LogP contribution >= 0.6 is 0 Å². The van der Waals surface area contributed by atoms with Crippen molar-refractivity contribution in [3.05, 3.63) is 54.0 Å². The number of ether oxygens (including phenoxy) is 1. The van der Waals surface area contributed by atoms with Crippen molar-refractivity contribution in [2.24, 2.45) is 0 Å². The van der Waals surface area contributed by atoms with Gasteiger partial charge in [-0.25, -0.2) is 9.37 Å². The Bertz CT molecular complexity index is 618. The summed E-state index contributed by atoms with van der Waals surface area (Å²) in [5.41, 5.74) is 1.05. The van der Waals surface area contributed by atoms with Gasteiger partial charge < -0.3 is 14.7 Å². The summed E-state index contributed by atoms with van der Waals surface area (Å²) in [5.74, 6) is 1.08. The van der Waals surface area contributed by atoms with E-state index in [2.05, 4.69) is 4.98 Å². The van der Waals surface area contributed by atoms with Crippen LogP contribution < -0.4 is 9.64 Å². The number of nitrogens with zero attached hydrogens (tertiary/aromatic N) is 2. The molecule has 3 rings (SSSR count). The van der Waals surface area contributed by atoms with E-state index >= 15 is 0 Å². The van der Waals surface area contributed by atoms with Crippen molar-refractivity contribution in [3.63, 3.8) is 0 Å². The van der Waals surface area contributed by atoms with Crippen molar-refractivity contribution < 1.29 is 14.2 Å². The Labute approximate surface area is 122 Å². The second-order valence-electron chi connectivity index (χ2n) is 5.17. The van der Waals surface area contributed by atoms with E-state index in [1.165, 1.54) is 12.3 Å². The van der Waals surface area contributed by atoms with Gasteiger partial charge in [-0.1, -0.05) is 12.1 Å². The minimum atomic E-state index is -0.423. The number of methoxy groups -OCH3 is 1. The molecule has 1 aromatic carbocycles. The number of aromatic nitrogens is 1.